The smallest absolute Gasteiger partial charge is 0.289 e. The molecule has 106 valence electrons. The molecule has 20 heavy (non-hydrogen) atoms. The van der Waals surface area contributed by atoms with Crippen LogP contribution in [0.25, 0.3) is 0 Å². The standard InChI is InChI=1S/C15H16ClNO3/c1-17(10-11-5-3-4-6-13(11)19-2)15(18)14-8-7-12(9-16)20-14/h3-8H,9-10H2,1-2H3. The first kappa shape index (κ1) is 14.5. The van der Waals surface area contributed by atoms with Gasteiger partial charge in [-0.25, -0.2) is 0 Å². The number of hydrogen-bond acceptors (Lipinski definition) is 3. The molecule has 0 saturated carbocycles. The minimum absolute atomic E-state index is 0.188. The van der Waals surface area contributed by atoms with Gasteiger partial charge in [-0.05, 0) is 18.2 Å². The van der Waals surface area contributed by atoms with E-state index in [-0.39, 0.29) is 17.5 Å². The second-order valence-electron chi connectivity index (χ2n) is 4.37. The Balaban J connectivity index is 2.11. The maximum absolute atomic E-state index is 12.2. The van der Waals surface area contributed by atoms with Crippen molar-refractivity contribution < 1.29 is 13.9 Å². The van der Waals surface area contributed by atoms with Crippen LogP contribution < -0.4 is 4.74 Å². The summed E-state index contributed by atoms with van der Waals surface area (Å²) in [6, 6.07) is 10.9. The number of furan rings is 1. The van der Waals surface area contributed by atoms with E-state index in [9.17, 15) is 4.79 Å². The van der Waals surface area contributed by atoms with E-state index in [1.807, 2.05) is 24.3 Å². The number of amides is 1. The SMILES string of the molecule is COc1ccccc1CN(C)C(=O)c1ccc(CCl)o1. The highest BCUT2D eigenvalue weighted by molar-refractivity contribution is 6.16. The molecule has 0 aliphatic heterocycles. The molecular formula is C15H16ClNO3. The lowest BCUT2D eigenvalue weighted by Crippen LogP contribution is -2.26. The summed E-state index contributed by atoms with van der Waals surface area (Å²) in [5.41, 5.74) is 0.940. The molecule has 1 heterocycles. The van der Waals surface area contributed by atoms with Crippen molar-refractivity contribution in [3.63, 3.8) is 0 Å². The zero-order chi connectivity index (χ0) is 14.5. The molecule has 0 aliphatic rings. The van der Waals surface area contributed by atoms with Gasteiger partial charge in [-0.1, -0.05) is 18.2 Å². The van der Waals surface area contributed by atoms with Crippen LogP contribution in [0.3, 0.4) is 0 Å². The van der Waals surface area contributed by atoms with Gasteiger partial charge in [0.05, 0.1) is 13.0 Å². The van der Waals surface area contributed by atoms with Crippen molar-refractivity contribution in [2.75, 3.05) is 14.2 Å². The summed E-state index contributed by atoms with van der Waals surface area (Å²) in [7, 11) is 3.33. The number of halogens is 1. The van der Waals surface area contributed by atoms with Gasteiger partial charge in [-0.3, -0.25) is 4.79 Å². The highest BCUT2D eigenvalue weighted by Crippen LogP contribution is 2.20. The normalized spacial score (nSPS) is 10.3. The molecule has 1 amide bonds. The van der Waals surface area contributed by atoms with Gasteiger partial charge in [0.15, 0.2) is 5.76 Å². The van der Waals surface area contributed by atoms with Gasteiger partial charge in [0.25, 0.3) is 5.91 Å². The number of hydrogen-bond donors (Lipinski definition) is 0. The van der Waals surface area contributed by atoms with Crippen LogP contribution >= 0.6 is 11.6 Å². The Hall–Kier alpha value is -1.94. The second-order valence-corrected chi connectivity index (χ2v) is 4.64. The van der Waals surface area contributed by atoms with Crippen LogP contribution in [-0.2, 0) is 12.4 Å². The average Bonchev–Trinajstić information content (AvgIpc) is 2.95. The maximum Gasteiger partial charge on any atom is 0.289 e. The lowest BCUT2D eigenvalue weighted by Gasteiger charge is -2.17. The van der Waals surface area contributed by atoms with E-state index in [0.717, 1.165) is 11.3 Å². The molecule has 4 nitrogen and oxygen atoms in total. The molecule has 2 aromatic rings. The number of methoxy groups -OCH3 is 1. The molecule has 2 rings (SSSR count). The molecule has 1 aromatic heterocycles. The minimum atomic E-state index is -0.188. The third-order valence-electron chi connectivity index (χ3n) is 2.95. The van der Waals surface area contributed by atoms with E-state index < -0.39 is 0 Å². The summed E-state index contributed by atoms with van der Waals surface area (Å²) in [5.74, 6) is 1.70. The fraction of sp³-hybridized carbons (Fsp3) is 0.267. The van der Waals surface area contributed by atoms with Crippen LogP contribution in [0.2, 0.25) is 0 Å². The van der Waals surface area contributed by atoms with Crippen LogP contribution in [-0.4, -0.2) is 25.0 Å². The van der Waals surface area contributed by atoms with Gasteiger partial charge >= 0.3 is 0 Å². The predicted octanol–water partition coefficient (Wildman–Crippen LogP) is 3.30. The molecule has 0 unspecified atom stereocenters. The second kappa shape index (κ2) is 6.48. The van der Waals surface area contributed by atoms with Crippen LogP contribution in [0, 0.1) is 0 Å². The van der Waals surface area contributed by atoms with Gasteiger partial charge in [0.2, 0.25) is 0 Å². The highest BCUT2D eigenvalue weighted by Gasteiger charge is 2.17. The molecule has 0 atom stereocenters. The van der Waals surface area contributed by atoms with Crippen molar-refractivity contribution in [2.24, 2.45) is 0 Å². The monoisotopic (exact) mass is 293 g/mol. The number of carbonyl (C=O) groups is 1. The van der Waals surface area contributed by atoms with E-state index in [0.29, 0.717) is 12.3 Å². The first-order valence-corrected chi connectivity index (χ1v) is 6.71. The Labute approximate surface area is 122 Å². The van der Waals surface area contributed by atoms with Crippen LogP contribution in [0.15, 0.2) is 40.8 Å². The maximum atomic E-state index is 12.2. The lowest BCUT2D eigenvalue weighted by molar-refractivity contribution is 0.0751. The molecule has 0 aliphatic carbocycles. The number of rotatable bonds is 5. The minimum Gasteiger partial charge on any atom is -0.496 e. The van der Waals surface area contributed by atoms with E-state index in [1.165, 1.54) is 0 Å². The largest absolute Gasteiger partial charge is 0.496 e. The van der Waals surface area contributed by atoms with Crippen molar-refractivity contribution in [2.45, 2.75) is 12.4 Å². The van der Waals surface area contributed by atoms with E-state index >= 15 is 0 Å². The summed E-state index contributed by atoms with van der Waals surface area (Å²) >= 11 is 5.66. The number of ether oxygens (including phenoxy) is 1. The number of nitrogens with zero attached hydrogens (tertiary/aromatic N) is 1. The Morgan fingerprint density at radius 1 is 1.30 bits per heavy atom. The van der Waals surface area contributed by atoms with Crippen molar-refractivity contribution in [1.29, 1.82) is 0 Å². The summed E-state index contributed by atoms with van der Waals surface area (Å²) in [4.78, 5) is 13.8. The van der Waals surface area contributed by atoms with Crippen molar-refractivity contribution in [3.05, 3.63) is 53.5 Å². The van der Waals surface area contributed by atoms with Crippen LogP contribution in [0.4, 0.5) is 0 Å². The Morgan fingerprint density at radius 3 is 2.70 bits per heavy atom. The van der Waals surface area contributed by atoms with Gasteiger partial charge in [-0.15, -0.1) is 11.6 Å². The average molecular weight is 294 g/mol. The van der Waals surface area contributed by atoms with Gasteiger partial charge in [0, 0.05) is 19.2 Å². The topological polar surface area (TPSA) is 42.7 Å². The molecule has 0 saturated heterocycles. The Bertz CT molecular complexity index is 594. The molecule has 1 aromatic carbocycles. The summed E-state index contributed by atoms with van der Waals surface area (Å²) in [6.07, 6.45) is 0. The number of benzene rings is 1. The van der Waals surface area contributed by atoms with Gasteiger partial charge in [-0.2, -0.15) is 0 Å². The fourth-order valence-corrected chi connectivity index (χ4v) is 2.06. The van der Waals surface area contributed by atoms with Crippen molar-refractivity contribution in [3.8, 4) is 5.75 Å². The third kappa shape index (κ3) is 3.14. The molecule has 0 N–H and O–H groups in total. The molecule has 0 fully saturated rings. The predicted molar refractivity (Wildman–Crippen MR) is 77.1 cm³/mol. The van der Waals surface area contributed by atoms with Crippen LogP contribution in [0.1, 0.15) is 21.9 Å². The lowest BCUT2D eigenvalue weighted by atomic mass is 10.2. The zero-order valence-electron chi connectivity index (χ0n) is 11.4. The first-order chi connectivity index (χ1) is 9.65. The number of para-hydroxylation sites is 1. The van der Waals surface area contributed by atoms with Crippen molar-refractivity contribution in [1.82, 2.24) is 4.90 Å². The molecular weight excluding hydrogens is 278 g/mol. The summed E-state index contributed by atoms with van der Waals surface area (Å²) in [6.45, 7) is 0.444. The molecule has 0 radical (unpaired) electrons. The van der Waals surface area contributed by atoms with Gasteiger partial charge < -0.3 is 14.1 Å². The Morgan fingerprint density at radius 2 is 2.05 bits per heavy atom. The van der Waals surface area contributed by atoms with Crippen LogP contribution in [0.5, 0.6) is 5.75 Å². The fourth-order valence-electron chi connectivity index (χ4n) is 1.91. The van der Waals surface area contributed by atoms with E-state index in [4.69, 9.17) is 20.8 Å². The molecule has 5 heteroatoms. The summed E-state index contributed by atoms with van der Waals surface area (Å²) in [5, 5.41) is 0. The highest BCUT2D eigenvalue weighted by atomic mass is 35.5. The summed E-state index contributed by atoms with van der Waals surface area (Å²) < 4.78 is 10.6. The molecule has 0 spiro atoms. The van der Waals surface area contributed by atoms with Crippen molar-refractivity contribution >= 4 is 17.5 Å². The number of alkyl halides is 1. The van der Waals surface area contributed by atoms with E-state index in [2.05, 4.69) is 0 Å². The van der Waals surface area contributed by atoms with E-state index in [1.54, 1.807) is 31.2 Å². The zero-order valence-corrected chi connectivity index (χ0v) is 12.2. The number of carbonyl (C=O) groups excluding carboxylic acids is 1. The third-order valence-corrected chi connectivity index (χ3v) is 3.21. The van der Waals surface area contributed by atoms with Gasteiger partial charge in [0.1, 0.15) is 11.5 Å². The molecule has 0 bridgehead atoms. The quantitative estimate of drug-likeness (QED) is 0.794. The first-order valence-electron chi connectivity index (χ1n) is 6.17. The Kier molecular flexibility index (Phi) is 4.69.